The lowest BCUT2D eigenvalue weighted by atomic mass is 10.1. The molecule has 1 aliphatic rings. The fourth-order valence-corrected chi connectivity index (χ4v) is 4.11. The fraction of sp³-hybridized carbons (Fsp3) is 0.500. The molecule has 1 aliphatic heterocycles. The molecule has 0 bridgehead atoms. The van der Waals surface area contributed by atoms with Crippen molar-refractivity contribution in [1.82, 2.24) is 5.32 Å². The maximum absolute atomic E-state index is 12.1. The molecule has 1 saturated heterocycles. The Balaban J connectivity index is 1.90. The molecule has 1 N–H and O–H groups in total. The van der Waals surface area contributed by atoms with Crippen molar-refractivity contribution >= 4 is 38.9 Å². The van der Waals surface area contributed by atoms with Gasteiger partial charge < -0.3 is 10.1 Å². The van der Waals surface area contributed by atoms with Crippen LogP contribution in [0.25, 0.3) is 0 Å². The van der Waals surface area contributed by atoms with E-state index in [9.17, 15) is 13.2 Å². The zero-order valence-corrected chi connectivity index (χ0v) is 14.3. The predicted octanol–water partition coefficient (Wildman–Crippen LogP) is 2.45. The molecule has 1 unspecified atom stereocenters. The Morgan fingerprint density at radius 3 is 2.55 bits per heavy atom. The van der Waals surface area contributed by atoms with E-state index in [2.05, 4.69) is 5.32 Å². The maximum atomic E-state index is 12.1. The normalized spacial score (nSPS) is 19.4. The molecule has 0 spiro atoms. The van der Waals surface area contributed by atoms with Crippen molar-refractivity contribution in [2.75, 3.05) is 11.5 Å². The van der Waals surface area contributed by atoms with Crippen molar-refractivity contribution in [3.05, 3.63) is 28.2 Å². The molecule has 1 atom stereocenters. The summed E-state index contributed by atoms with van der Waals surface area (Å²) in [5, 5.41) is 3.62. The molecule has 1 aromatic rings. The van der Waals surface area contributed by atoms with Crippen molar-refractivity contribution in [2.45, 2.75) is 31.9 Å². The second-order valence-corrected chi connectivity index (χ2v) is 8.42. The zero-order valence-electron chi connectivity index (χ0n) is 12.0. The van der Waals surface area contributed by atoms with Crippen LogP contribution in [-0.4, -0.2) is 38.0 Å². The molecule has 122 valence electrons. The Labute approximate surface area is 139 Å². The van der Waals surface area contributed by atoms with Gasteiger partial charge in [0.25, 0.3) is 5.91 Å². The van der Waals surface area contributed by atoms with Crippen LogP contribution >= 0.6 is 23.2 Å². The number of benzene rings is 1. The first-order valence-corrected chi connectivity index (χ1v) is 9.47. The van der Waals surface area contributed by atoms with Gasteiger partial charge in [-0.2, -0.15) is 0 Å². The molecule has 1 heterocycles. The SMILES string of the molecule is CC(Oc1ccc(Cl)cc1Cl)C(=O)NC1CCS(=O)(=O)CC1. The Bertz CT molecular complexity index is 649. The molecule has 1 fully saturated rings. The summed E-state index contributed by atoms with van der Waals surface area (Å²) in [6.45, 7) is 1.61. The average Bonchev–Trinajstić information content (AvgIpc) is 2.44. The Kier molecular flexibility index (Phi) is 5.58. The zero-order chi connectivity index (χ0) is 16.3. The highest BCUT2D eigenvalue weighted by atomic mass is 35.5. The third-order valence-corrected chi connectivity index (χ3v) is 5.71. The van der Waals surface area contributed by atoms with E-state index in [1.807, 2.05) is 0 Å². The highest BCUT2D eigenvalue weighted by molar-refractivity contribution is 7.91. The van der Waals surface area contributed by atoms with E-state index in [4.69, 9.17) is 27.9 Å². The molecule has 0 aromatic heterocycles. The fourth-order valence-electron chi connectivity index (χ4n) is 2.17. The Morgan fingerprint density at radius 2 is 1.95 bits per heavy atom. The molecule has 0 aliphatic carbocycles. The molecule has 5 nitrogen and oxygen atoms in total. The summed E-state index contributed by atoms with van der Waals surface area (Å²) in [4.78, 5) is 12.1. The van der Waals surface area contributed by atoms with Gasteiger partial charge in [-0.3, -0.25) is 4.79 Å². The van der Waals surface area contributed by atoms with Crippen LogP contribution in [0.2, 0.25) is 10.0 Å². The number of carbonyl (C=O) groups excluding carboxylic acids is 1. The standard InChI is InChI=1S/C14H17Cl2NO4S/c1-9(21-13-3-2-10(15)8-12(13)16)14(18)17-11-4-6-22(19,20)7-5-11/h2-3,8-9,11H,4-7H2,1H3,(H,17,18). The summed E-state index contributed by atoms with van der Waals surface area (Å²) in [5.74, 6) is 0.294. The van der Waals surface area contributed by atoms with Gasteiger partial charge in [0, 0.05) is 11.1 Å². The molecule has 1 amide bonds. The molecule has 2 rings (SSSR count). The van der Waals surface area contributed by atoms with E-state index in [1.54, 1.807) is 19.1 Å². The first-order chi connectivity index (χ1) is 10.3. The van der Waals surface area contributed by atoms with Gasteiger partial charge in [0.2, 0.25) is 0 Å². The van der Waals surface area contributed by atoms with Gasteiger partial charge in [0.1, 0.15) is 15.6 Å². The molecule has 22 heavy (non-hydrogen) atoms. The molecular formula is C14H17Cl2NO4S. The summed E-state index contributed by atoms with van der Waals surface area (Å²) >= 11 is 11.8. The minimum Gasteiger partial charge on any atom is -0.479 e. The van der Waals surface area contributed by atoms with Crippen LogP contribution in [0, 0.1) is 0 Å². The molecule has 0 saturated carbocycles. The van der Waals surface area contributed by atoms with Gasteiger partial charge in [-0.05, 0) is 38.0 Å². The molecule has 8 heteroatoms. The number of nitrogens with one attached hydrogen (secondary N) is 1. The maximum Gasteiger partial charge on any atom is 0.260 e. The largest absolute Gasteiger partial charge is 0.479 e. The van der Waals surface area contributed by atoms with Crippen molar-refractivity contribution in [3.63, 3.8) is 0 Å². The van der Waals surface area contributed by atoms with Crippen molar-refractivity contribution in [2.24, 2.45) is 0 Å². The lowest BCUT2D eigenvalue weighted by Gasteiger charge is -2.25. The van der Waals surface area contributed by atoms with Crippen LogP contribution < -0.4 is 10.1 Å². The minimum absolute atomic E-state index is 0.107. The highest BCUT2D eigenvalue weighted by Crippen LogP contribution is 2.28. The molecular weight excluding hydrogens is 349 g/mol. The second-order valence-electron chi connectivity index (χ2n) is 5.27. The highest BCUT2D eigenvalue weighted by Gasteiger charge is 2.26. The quantitative estimate of drug-likeness (QED) is 0.889. The number of ether oxygens (including phenoxy) is 1. The van der Waals surface area contributed by atoms with Crippen LogP contribution in [0.3, 0.4) is 0 Å². The number of carbonyl (C=O) groups is 1. The van der Waals surface area contributed by atoms with Crippen LogP contribution in [0.1, 0.15) is 19.8 Å². The summed E-state index contributed by atoms with van der Waals surface area (Å²) < 4.78 is 28.2. The van der Waals surface area contributed by atoms with Crippen molar-refractivity contribution in [1.29, 1.82) is 0 Å². The van der Waals surface area contributed by atoms with Crippen LogP contribution in [0.5, 0.6) is 5.75 Å². The smallest absolute Gasteiger partial charge is 0.260 e. The molecule has 1 aromatic carbocycles. The number of hydrogen-bond donors (Lipinski definition) is 1. The lowest BCUT2D eigenvalue weighted by Crippen LogP contribution is -2.45. The van der Waals surface area contributed by atoms with Crippen molar-refractivity contribution in [3.8, 4) is 5.75 Å². The first-order valence-electron chi connectivity index (χ1n) is 6.89. The van der Waals surface area contributed by atoms with E-state index in [-0.39, 0.29) is 23.5 Å². The predicted molar refractivity (Wildman–Crippen MR) is 86.4 cm³/mol. The second kappa shape index (κ2) is 7.06. The van der Waals surface area contributed by atoms with E-state index in [0.717, 1.165) is 0 Å². The Hall–Kier alpha value is -0.980. The van der Waals surface area contributed by atoms with Gasteiger partial charge in [-0.15, -0.1) is 0 Å². The van der Waals surface area contributed by atoms with Gasteiger partial charge in [-0.25, -0.2) is 8.42 Å². The van der Waals surface area contributed by atoms with Crippen LogP contribution in [0.15, 0.2) is 18.2 Å². The van der Waals surface area contributed by atoms with E-state index < -0.39 is 15.9 Å². The van der Waals surface area contributed by atoms with Crippen molar-refractivity contribution < 1.29 is 17.9 Å². The third kappa shape index (κ3) is 4.76. The number of sulfone groups is 1. The van der Waals surface area contributed by atoms with E-state index in [0.29, 0.717) is 28.6 Å². The summed E-state index contributed by atoms with van der Waals surface area (Å²) in [6.07, 6.45) is 0.127. The van der Waals surface area contributed by atoms with Gasteiger partial charge in [0.15, 0.2) is 6.10 Å². The minimum atomic E-state index is -2.94. The number of amides is 1. The van der Waals surface area contributed by atoms with Gasteiger partial charge >= 0.3 is 0 Å². The summed E-state index contributed by atoms with van der Waals surface area (Å²) in [6, 6.07) is 4.62. The average molecular weight is 366 g/mol. The van der Waals surface area contributed by atoms with Gasteiger partial charge in [0.05, 0.1) is 16.5 Å². The first kappa shape index (κ1) is 17.4. The number of halogens is 2. The van der Waals surface area contributed by atoms with Gasteiger partial charge in [-0.1, -0.05) is 23.2 Å². The monoisotopic (exact) mass is 365 g/mol. The number of rotatable bonds is 4. The van der Waals surface area contributed by atoms with E-state index in [1.165, 1.54) is 6.07 Å². The lowest BCUT2D eigenvalue weighted by molar-refractivity contribution is -0.128. The van der Waals surface area contributed by atoms with Crippen LogP contribution in [0.4, 0.5) is 0 Å². The number of hydrogen-bond acceptors (Lipinski definition) is 4. The molecule has 0 radical (unpaired) electrons. The van der Waals surface area contributed by atoms with Crippen LogP contribution in [-0.2, 0) is 14.6 Å². The van der Waals surface area contributed by atoms with E-state index >= 15 is 0 Å². The Morgan fingerprint density at radius 1 is 1.32 bits per heavy atom. The third-order valence-electron chi connectivity index (χ3n) is 3.47. The summed E-state index contributed by atoms with van der Waals surface area (Å²) in [5.41, 5.74) is 0. The topological polar surface area (TPSA) is 72.5 Å². The summed E-state index contributed by atoms with van der Waals surface area (Å²) in [7, 11) is -2.94.